The lowest BCUT2D eigenvalue weighted by molar-refractivity contribution is 0.0417. The third-order valence-corrected chi connectivity index (χ3v) is 3.44. The standard InChI is InChI=1S/C12H22ClN3O/c1-5-11(17-6-2)10(14)7-9-8(3)15-16(4)12(9)13/h10-11H,5-7,14H2,1-4H3. The first-order chi connectivity index (χ1) is 8.01. The van der Waals surface area contributed by atoms with E-state index in [1.165, 1.54) is 0 Å². The largest absolute Gasteiger partial charge is 0.377 e. The average Bonchev–Trinajstić information content (AvgIpc) is 2.52. The van der Waals surface area contributed by atoms with Crippen LogP contribution in [0.2, 0.25) is 5.15 Å². The Morgan fingerprint density at radius 3 is 2.53 bits per heavy atom. The highest BCUT2D eigenvalue weighted by atomic mass is 35.5. The first-order valence-corrected chi connectivity index (χ1v) is 6.44. The Morgan fingerprint density at radius 1 is 1.47 bits per heavy atom. The van der Waals surface area contributed by atoms with Crippen molar-refractivity contribution < 1.29 is 4.74 Å². The van der Waals surface area contributed by atoms with Crippen molar-refractivity contribution in [3.63, 3.8) is 0 Å². The molecule has 2 unspecified atom stereocenters. The van der Waals surface area contributed by atoms with Crippen LogP contribution in [0.1, 0.15) is 31.5 Å². The van der Waals surface area contributed by atoms with Gasteiger partial charge in [-0.1, -0.05) is 18.5 Å². The number of nitrogens with zero attached hydrogens (tertiary/aromatic N) is 2. The molecule has 0 bridgehead atoms. The van der Waals surface area contributed by atoms with Crippen molar-refractivity contribution in [1.29, 1.82) is 0 Å². The maximum absolute atomic E-state index is 6.19. The van der Waals surface area contributed by atoms with Gasteiger partial charge in [0.1, 0.15) is 5.15 Å². The lowest BCUT2D eigenvalue weighted by Crippen LogP contribution is -2.38. The zero-order chi connectivity index (χ0) is 13.0. The average molecular weight is 260 g/mol. The number of nitrogens with two attached hydrogens (primary N) is 1. The van der Waals surface area contributed by atoms with Crippen LogP contribution in [0, 0.1) is 6.92 Å². The molecule has 0 aliphatic heterocycles. The van der Waals surface area contributed by atoms with E-state index in [0.717, 1.165) is 17.7 Å². The predicted molar refractivity (Wildman–Crippen MR) is 70.3 cm³/mol. The highest BCUT2D eigenvalue weighted by Crippen LogP contribution is 2.21. The van der Waals surface area contributed by atoms with E-state index in [1.54, 1.807) is 4.68 Å². The Hall–Kier alpha value is -0.580. The third kappa shape index (κ3) is 3.44. The van der Waals surface area contributed by atoms with E-state index in [0.29, 0.717) is 18.2 Å². The molecule has 2 N–H and O–H groups in total. The van der Waals surface area contributed by atoms with Gasteiger partial charge in [0.2, 0.25) is 0 Å². The van der Waals surface area contributed by atoms with E-state index < -0.39 is 0 Å². The summed E-state index contributed by atoms with van der Waals surface area (Å²) in [5, 5.41) is 4.95. The summed E-state index contributed by atoms with van der Waals surface area (Å²) in [4.78, 5) is 0. The summed E-state index contributed by atoms with van der Waals surface area (Å²) in [7, 11) is 1.84. The van der Waals surface area contributed by atoms with Gasteiger partial charge in [-0.25, -0.2) is 0 Å². The van der Waals surface area contributed by atoms with Crippen molar-refractivity contribution in [3.05, 3.63) is 16.4 Å². The molecule has 0 amide bonds. The van der Waals surface area contributed by atoms with Crippen molar-refractivity contribution >= 4 is 11.6 Å². The van der Waals surface area contributed by atoms with Crippen molar-refractivity contribution in [2.45, 2.75) is 45.8 Å². The lowest BCUT2D eigenvalue weighted by atomic mass is 10.0. The van der Waals surface area contributed by atoms with Crippen LogP contribution in [0.5, 0.6) is 0 Å². The minimum atomic E-state index is -0.0413. The Bertz CT molecular complexity index is 365. The Morgan fingerprint density at radius 2 is 2.12 bits per heavy atom. The highest BCUT2D eigenvalue weighted by Gasteiger charge is 2.20. The van der Waals surface area contributed by atoms with Crippen molar-refractivity contribution in [2.24, 2.45) is 12.8 Å². The van der Waals surface area contributed by atoms with Crippen molar-refractivity contribution in [2.75, 3.05) is 6.61 Å². The van der Waals surface area contributed by atoms with Crippen LogP contribution in [0.15, 0.2) is 0 Å². The Balaban J connectivity index is 2.76. The van der Waals surface area contributed by atoms with Crippen LogP contribution in [0.25, 0.3) is 0 Å². The quantitative estimate of drug-likeness (QED) is 0.851. The van der Waals surface area contributed by atoms with Crippen LogP contribution >= 0.6 is 11.6 Å². The van der Waals surface area contributed by atoms with Gasteiger partial charge in [-0.3, -0.25) is 4.68 Å². The normalized spacial score (nSPS) is 14.9. The summed E-state index contributed by atoms with van der Waals surface area (Å²) in [6.45, 7) is 6.71. The molecule has 0 radical (unpaired) electrons. The van der Waals surface area contributed by atoms with Gasteiger partial charge < -0.3 is 10.5 Å². The molecule has 1 aromatic rings. The van der Waals surface area contributed by atoms with E-state index >= 15 is 0 Å². The van der Waals surface area contributed by atoms with E-state index in [-0.39, 0.29) is 12.1 Å². The smallest absolute Gasteiger partial charge is 0.130 e. The van der Waals surface area contributed by atoms with Crippen LogP contribution in [0.4, 0.5) is 0 Å². The van der Waals surface area contributed by atoms with Gasteiger partial charge in [0, 0.05) is 25.3 Å². The first-order valence-electron chi connectivity index (χ1n) is 6.06. The molecule has 1 aromatic heterocycles. The van der Waals surface area contributed by atoms with E-state index in [4.69, 9.17) is 22.1 Å². The Kier molecular flexibility index (Phi) is 5.43. The number of hydrogen-bond acceptors (Lipinski definition) is 3. The zero-order valence-corrected chi connectivity index (χ0v) is 11.8. The number of aromatic nitrogens is 2. The van der Waals surface area contributed by atoms with Gasteiger partial charge in [0.05, 0.1) is 11.8 Å². The first kappa shape index (κ1) is 14.5. The second-order valence-corrected chi connectivity index (χ2v) is 4.61. The maximum atomic E-state index is 6.19. The topological polar surface area (TPSA) is 53.1 Å². The molecule has 0 spiro atoms. The fourth-order valence-corrected chi connectivity index (χ4v) is 2.28. The number of hydrogen-bond donors (Lipinski definition) is 1. The number of rotatable bonds is 6. The van der Waals surface area contributed by atoms with Gasteiger partial charge >= 0.3 is 0 Å². The number of halogens is 1. The second-order valence-electron chi connectivity index (χ2n) is 4.25. The van der Waals surface area contributed by atoms with Crippen molar-refractivity contribution in [1.82, 2.24) is 9.78 Å². The van der Waals surface area contributed by atoms with Gasteiger partial charge in [-0.05, 0) is 26.7 Å². The molecule has 0 aliphatic rings. The van der Waals surface area contributed by atoms with Gasteiger partial charge in [0.15, 0.2) is 0 Å². The van der Waals surface area contributed by atoms with E-state index in [1.807, 2.05) is 20.9 Å². The summed E-state index contributed by atoms with van der Waals surface area (Å²) < 4.78 is 7.30. The van der Waals surface area contributed by atoms with Gasteiger partial charge in [-0.2, -0.15) is 5.10 Å². The molecule has 0 saturated carbocycles. The molecule has 0 aliphatic carbocycles. The molecule has 4 nitrogen and oxygen atoms in total. The van der Waals surface area contributed by atoms with E-state index in [9.17, 15) is 0 Å². The van der Waals surface area contributed by atoms with Gasteiger partial charge in [0.25, 0.3) is 0 Å². The molecule has 1 heterocycles. The molecule has 0 saturated heterocycles. The number of ether oxygens (including phenoxy) is 1. The maximum Gasteiger partial charge on any atom is 0.130 e. The SMILES string of the molecule is CCOC(CC)C(N)Cc1c(C)nn(C)c1Cl. The number of aryl methyl sites for hydroxylation is 2. The summed E-state index contributed by atoms with van der Waals surface area (Å²) in [5.41, 5.74) is 8.14. The summed E-state index contributed by atoms with van der Waals surface area (Å²) in [6.07, 6.45) is 1.69. The zero-order valence-electron chi connectivity index (χ0n) is 11.0. The third-order valence-electron chi connectivity index (χ3n) is 2.97. The summed E-state index contributed by atoms with van der Waals surface area (Å²) in [5.74, 6) is 0. The minimum absolute atomic E-state index is 0.0413. The van der Waals surface area contributed by atoms with Gasteiger partial charge in [-0.15, -0.1) is 0 Å². The monoisotopic (exact) mass is 259 g/mol. The molecule has 0 fully saturated rings. The van der Waals surface area contributed by atoms with E-state index in [2.05, 4.69) is 12.0 Å². The molecular formula is C12H22ClN3O. The van der Waals surface area contributed by atoms with Crippen LogP contribution in [-0.4, -0.2) is 28.5 Å². The summed E-state index contributed by atoms with van der Waals surface area (Å²) >= 11 is 6.19. The fraction of sp³-hybridized carbons (Fsp3) is 0.750. The Labute approximate surface area is 108 Å². The lowest BCUT2D eigenvalue weighted by Gasteiger charge is -2.22. The molecule has 0 aromatic carbocycles. The van der Waals surface area contributed by atoms with Crippen LogP contribution < -0.4 is 5.73 Å². The second kappa shape index (κ2) is 6.38. The molecule has 1 rings (SSSR count). The predicted octanol–water partition coefficient (Wildman–Crippen LogP) is 2.07. The molecular weight excluding hydrogens is 238 g/mol. The molecule has 2 atom stereocenters. The molecule has 5 heteroatoms. The molecule has 98 valence electrons. The minimum Gasteiger partial charge on any atom is -0.377 e. The summed E-state index contributed by atoms with van der Waals surface area (Å²) in [6, 6.07) is -0.0413. The highest BCUT2D eigenvalue weighted by molar-refractivity contribution is 6.30. The van der Waals surface area contributed by atoms with Crippen molar-refractivity contribution in [3.8, 4) is 0 Å². The molecule has 17 heavy (non-hydrogen) atoms. The fourth-order valence-electron chi connectivity index (χ4n) is 2.03. The van der Waals surface area contributed by atoms with Crippen LogP contribution in [-0.2, 0) is 18.2 Å². The van der Waals surface area contributed by atoms with Crippen LogP contribution in [0.3, 0.4) is 0 Å².